The van der Waals surface area contributed by atoms with Crippen molar-refractivity contribution in [3.63, 3.8) is 0 Å². The highest BCUT2D eigenvalue weighted by Crippen LogP contribution is 2.24. The minimum absolute atomic E-state index is 0.959. The van der Waals surface area contributed by atoms with Gasteiger partial charge in [0.1, 0.15) is 0 Å². The summed E-state index contributed by atoms with van der Waals surface area (Å²) in [7, 11) is 0. The molecule has 0 saturated carbocycles. The highest BCUT2D eigenvalue weighted by atomic mass is 15.1. The predicted octanol–water partition coefficient (Wildman–Crippen LogP) is 2.87. The third-order valence-corrected chi connectivity index (χ3v) is 3.94. The molecule has 0 fully saturated rings. The van der Waals surface area contributed by atoms with Crippen LogP contribution in [-0.4, -0.2) is 18.0 Å². The van der Waals surface area contributed by atoms with E-state index < -0.39 is 0 Å². The molecule has 0 radical (unpaired) electrons. The van der Waals surface area contributed by atoms with Crippen molar-refractivity contribution >= 4 is 5.69 Å². The van der Waals surface area contributed by atoms with Crippen molar-refractivity contribution < 1.29 is 0 Å². The van der Waals surface area contributed by atoms with Crippen LogP contribution in [0.1, 0.15) is 16.7 Å². The van der Waals surface area contributed by atoms with Gasteiger partial charge in [-0.1, -0.05) is 42.5 Å². The Bertz CT molecular complexity index is 548. The summed E-state index contributed by atoms with van der Waals surface area (Å²) in [5.74, 6) is 0. The fraction of sp³-hybridized carbons (Fsp3) is 0.294. The Hall–Kier alpha value is -1.80. The van der Waals surface area contributed by atoms with Gasteiger partial charge in [-0.05, 0) is 35.6 Å². The first-order chi connectivity index (χ1) is 9.33. The van der Waals surface area contributed by atoms with E-state index in [0.29, 0.717) is 0 Å². The molecule has 3 rings (SSSR count). The number of fused-ring (bicyclic) bond motifs is 1. The monoisotopic (exact) mass is 252 g/mol. The summed E-state index contributed by atoms with van der Waals surface area (Å²) in [5.41, 5.74) is 11.2. The Morgan fingerprint density at radius 2 is 1.84 bits per heavy atom. The Balaban J connectivity index is 1.63. The molecule has 1 aliphatic heterocycles. The molecule has 0 saturated heterocycles. The first kappa shape index (κ1) is 12.2. The minimum Gasteiger partial charge on any atom is -0.398 e. The summed E-state index contributed by atoms with van der Waals surface area (Å²) in [6.45, 7) is 3.28. The van der Waals surface area contributed by atoms with Crippen LogP contribution in [0.15, 0.2) is 48.5 Å². The van der Waals surface area contributed by atoms with Crippen LogP contribution >= 0.6 is 0 Å². The Kier molecular flexibility index (Phi) is 3.51. The lowest BCUT2D eigenvalue weighted by atomic mass is 9.97. The maximum Gasteiger partial charge on any atom is 0.0350 e. The summed E-state index contributed by atoms with van der Waals surface area (Å²) >= 11 is 0. The van der Waals surface area contributed by atoms with Crippen LogP contribution in [0.3, 0.4) is 0 Å². The molecular weight excluding hydrogens is 232 g/mol. The van der Waals surface area contributed by atoms with Gasteiger partial charge in [0.05, 0.1) is 0 Å². The molecule has 0 spiro atoms. The van der Waals surface area contributed by atoms with E-state index in [2.05, 4.69) is 47.4 Å². The Morgan fingerprint density at radius 1 is 1.00 bits per heavy atom. The summed E-state index contributed by atoms with van der Waals surface area (Å²) in [4.78, 5) is 2.52. The molecule has 2 nitrogen and oxygen atoms in total. The van der Waals surface area contributed by atoms with Gasteiger partial charge in [0.15, 0.2) is 0 Å². The molecule has 0 unspecified atom stereocenters. The maximum atomic E-state index is 6.03. The van der Waals surface area contributed by atoms with Crippen molar-refractivity contribution in [2.24, 2.45) is 0 Å². The lowest BCUT2D eigenvalue weighted by Gasteiger charge is -2.29. The zero-order valence-electron chi connectivity index (χ0n) is 11.2. The topological polar surface area (TPSA) is 29.3 Å². The van der Waals surface area contributed by atoms with Crippen LogP contribution in [0.5, 0.6) is 0 Å². The number of anilines is 1. The molecule has 0 aromatic heterocycles. The van der Waals surface area contributed by atoms with Gasteiger partial charge in [0.25, 0.3) is 0 Å². The minimum atomic E-state index is 0.959. The van der Waals surface area contributed by atoms with Crippen molar-refractivity contribution in [2.45, 2.75) is 19.4 Å². The first-order valence-electron chi connectivity index (χ1n) is 6.95. The van der Waals surface area contributed by atoms with Gasteiger partial charge in [-0.2, -0.15) is 0 Å². The van der Waals surface area contributed by atoms with Crippen molar-refractivity contribution in [2.75, 3.05) is 18.8 Å². The van der Waals surface area contributed by atoms with E-state index in [4.69, 9.17) is 5.73 Å². The number of nitrogen functional groups attached to an aromatic ring is 1. The molecule has 0 atom stereocenters. The third kappa shape index (κ3) is 2.79. The molecule has 2 aromatic rings. The second-order valence-electron chi connectivity index (χ2n) is 5.25. The van der Waals surface area contributed by atoms with Crippen molar-refractivity contribution in [3.8, 4) is 0 Å². The predicted molar refractivity (Wildman–Crippen MR) is 80.0 cm³/mol. The van der Waals surface area contributed by atoms with Crippen LogP contribution in [0.2, 0.25) is 0 Å². The number of nitrogens with two attached hydrogens (primary N) is 1. The molecule has 2 heteroatoms. The lowest BCUT2D eigenvalue weighted by molar-refractivity contribution is 0.258. The number of rotatable bonds is 3. The van der Waals surface area contributed by atoms with Crippen LogP contribution in [0.25, 0.3) is 0 Å². The molecule has 0 amide bonds. The van der Waals surface area contributed by atoms with Crippen molar-refractivity contribution in [3.05, 3.63) is 65.2 Å². The number of hydrogen-bond donors (Lipinski definition) is 1. The Labute approximate surface area is 114 Å². The molecule has 19 heavy (non-hydrogen) atoms. The molecule has 98 valence electrons. The van der Waals surface area contributed by atoms with Gasteiger partial charge in [0, 0.05) is 25.3 Å². The molecule has 2 N–H and O–H groups in total. The SMILES string of the molecule is Nc1cccc2c1CCN(CCc1ccccc1)C2. The average Bonchev–Trinajstić information content (AvgIpc) is 2.46. The zero-order valence-corrected chi connectivity index (χ0v) is 11.2. The van der Waals surface area contributed by atoms with Gasteiger partial charge in [-0.25, -0.2) is 0 Å². The van der Waals surface area contributed by atoms with Gasteiger partial charge in [0.2, 0.25) is 0 Å². The third-order valence-electron chi connectivity index (χ3n) is 3.94. The maximum absolute atomic E-state index is 6.03. The highest BCUT2D eigenvalue weighted by molar-refractivity contribution is 5.51. The van der Waals surface area contributed by atoms with Gasteiger partial charge in [-0.15, -0.1) is 0 Å². The standard InChI is InChI=1S/C17H20N2/c18-17-8-4-7-15-13-19(12-10-16(15)17)11-9-14-5-2-1-3-6-14/h1-8H,9-13,18H2. The smallest absolute Gasteiger partial charge is 0.0350 e. The fourth-order valence-electron chi connectivity index (χ4n) is 2.82. The summed E-state index contributed by atoms with van der Waals surface area (Å²) in [6, 6.07) is 17.0. The molecule has 2 aromatic carbocycles. The normalized spacial score (nSPS) is 15.2. The molecule has 1 heterocycles. The van der Waals surface area contributed by atoms with Gasteiger partial charge in [-0.3, -0.25) is 4.90 Å². The van der Waals surface area contributed by atoms with Gasteiger partial charge >= 0.3 is 0 Å². The summed E-state index contributed by atoms with van der Waals surface area (Å²) in [6.07, 6.45) is 2.20. The molecule has 0 aliphatic carbocycles. The van der Waals surface area contributed by atoms with E-state index in [9.17, 15) is 0 Å². The van der Waals surface area contributed by atoms with E-state index in [0.717, 1.165) is 38.2 Å². The van der Waals surface area contributed by atoms with Crippen LogP contribution < -0.4 is 5.73 Å². The molecular formula is C17H20N2. The van der Waals surface area contributed by atoms with E-state index >= 15 is 0 Å². The average molecular weight is 252 g/mol. The number of nitrogens with zero attached hydrogens (tertiary/aromatic N) is 1. The van der Waals surface area contributed by atoms with E-state index in [-0.39, 0.29) is 0 Å². The Morgan fingerprint density at radius 3 is 2.68 bits per heavy atom. The van der Waals surface area contributed by atoms with E-state index in [1.54, 1.807) is 0 Å². The lowest BCUT2D eigenvalue weighted by Crippen LogP contribution is -2.32. The van der Waals surface area contributed by atoms with E-state index in [1.807, 2.05) is 6.07 Å². The van der Waals surface area contributed by atoms with Crippen LogP contribution in [0.4, 0.5) is 5.69 Å². The molecule has 0 bridgehead atoms. The second-order valence-corrected chi connectivity index (χ2v) is 5.25. The first-order valence-corrected chi connectivity index (χ1v) is 6.95. The fourth-order valence-corrected chi connectivity index (χ4v) is 2.82. The van der Waals surface area contributed by atoms with Crippen LogP contribution in [-0.2, 0) is 19.4 Å². The van der Waals surface area contributed by atoms with Crippen molar-refractivity contribution in [1.29, 1.82) is 0 Å². The quantitative estimate of drug-likeness (QED) is 0.851. The summed E-state index contributed by atoms with van der Waals surface area (Å²) in [5, 5.41) is 0. The number of hydrogen-bond acceptors (Lipinski definition) is 2. The second kappa shape index (κ2) is 5.45. The van der Waals surface area contributed by atoms with Crippen molar-refractivity contribution in [1.82, 2.24) is 4.90 Å². The van der Waals surface area contributed by atoms with Gasteiger partial charge < -0.3 is 5.73 Å². The summed E-state index contributed by atoms with van der Waals surface area (Å²) < 4.78 is 0. The number of benzene rings is 2. The zero-order chi connectivity index (χ0) is 13.1. The molecule has 1 aliphatic rings. The van der Waals surface area contributed by atoms with E-state index in [1.165, 1.54) is 16.7 Å². The van der Waals surface area contributed by atoms with Crippen LogP contribution in [0, 0.1) is 0 Å². The largest absolute Gasteiger partial charge is 0.398 e. The highest BCUT2D eigenvalue weighted by Gasteiger charge is 2.17.